The Morgan fingerprint density at radius 2 is 1.81 bits per heavy atom. The molecule has 0 heterocycles. The highest BCUT2D eigenvalue weighted by molar-refractivity contribution is 6.49. The van der Waals surface area contributed by atoms with E-state index in [4.69, 9.17) is 39.9 Å². The molecule has 0 bridgehead atoms. The molecule has 0 aliphatic heterocycles. The van der Waals surface area contributed by atoms with Gasteiger partial charge in [-0.2, -0.15) is 0 Å². The maximum atomic E-state index is 11.5. The highest BCUT2D eigenvalue weighted by Gasteiger charge is 2.15. The Kier molecular flexibility index (Phi) is 4.41. The van der Waals surface area contributed by atoms with Crippen LogP contribution in [0.3, 0.4) is 0 Å². The van der Waals surface area contributed by atoms with E-state index in [2.05, 4.69) is 5.32 Å². The summed E-state index contributed by atoms with van der Waals surface area (Å²) in [6, 6.07) is 2.78. The summed E-state index contributed by atoms with van der Waals surface area (Å²) < 4.78 is 0. The standard InChI is InChI=1S/C9H6Cl3NO3/c10-5-2-1-4(7(11)8(5)12)9(16)13-3-6(14)15/h1-2H,3H2,(H,13,16)(H,14,15). The maximum Gasteiger partial charge on any atom is 0.322 e. The van der Waals surface area contributed by atoms with Crippen molar-refractivity contribution in [2.45, 2.75) is 0 Å². The summed E-state index contributed by atoms with van der Waals surface area (Å²) in [6.07, 6.45) is 0. The molecule has 1 rings (SSSR count). The second kappa shape index (κ2) is 5.39. The van der Waals surface area contributed by atoms with Crippen LogP contribution in [0.15, 0.2) is 12.1 Å². The van der Waals surface area contributed by atoms with Crippen LogP contribution < -0.4 is 5.32 Å². The monoisotopic (exact) mass is 281 g/mol. The summed E-state index contributed by atoms with van der Waals surface area (Å²) in [6.45, 7) is -0.491. The maximum absolute atomic E-state index is 11.5. The molecule has 0 spiro atoms. The van der Waals surface area contributed by atoms with Crippen molar-refractivity contribution in [3.05, 3.63) is 32.8 Å². The summed E-state index contributed by atoms with van der Waals surface area (Å²) in [5, 5.41) is 10.8. The number of carbonyl (C=O) groups excluding carboxylic acids is 1. The Balaban J connectivity index is 2.92. The summed E-state index contributed by atoms with van der Waals surface area (Å²) in [7, 11) is 0. The molecule has 0 fully saturated rings. The van der Waals surface area contributed by atoms with E-state index in [0.717, 1.165) is 0 Å². The minimum Gasteiger partial charge on any atom is -0.480 e. The molecule has 0 aliphatic carbocycles. The van der Waals surface area contributed by atoms with Crippen molar-refractivity contribution in [3.63, 3.8) is 0 Å². The van der Waals surface area contributed by atoms with Crippen molar-refractivity contribution in [2.75, 3.05) is 6.54 Å². The zero-order valence-corrected chi connectivity index (χ0v) is 10.0. The summed E-state index contributed by atoms with van der Waals surface area (Å²) >= 11 is 17.2. The zero-order valence-electron chi connectivity index (χ0n) is 7.76. The predicted molar refractivity (Wildman–Crippen MR) is 61.4 cm³/mol. The van der Waals surface area contributed by atoms with Crippen LogP contribution in [0.1, 0.15) is 10.4 Å². The Labute approximate surface area is 106 Å². The zero-order chi connectivity index (χ0) is 12.3. The van der Waals surface area contributed by atoms with Gasteiger partial charge in [0, 0.05) is 0 Å². The van der Waals surface area contributed by atoms with Gasteiger partial charge in [-0.15, -0.1) is 0 Å². The Hall–Kier alpha value is -0.970. The van der Waals surface area contributed by atoms with Gasteiger partial charge in [0.05, 0.1) is 20.6 Å². The normalized spacial score (nSPS) is 9.94. The number of carbonyl (C=O) groups is 2. The van der Waals surface area contributed by atoms with E-state index in [1.54, 1.807) is 0 Å². The molecule has 0 aliphatic rings. The molecule has 7 heteroatoms. The number of nitrogens with one attached hydrogen (secondary N) is 1. The molecule has 0 atom stereocenters. The van der Waals surface area contributed by atoms with E-state index in [9.17, 15) is 9.59 Å². The molecular formula is C9H6Cl3NO3. The number of carboxylic acids is 1. The predicted octanol–water partition coefficient (Wildman–Crippen LogP) is 2.46. The van der Waals surface area contributed by atoms with Gasteiger partial charge in [0.1, 0.15) is 6.54 Å². The van der Waals surface area contributed by atoms with E-state index in [1.165, 1.54) is 12.1 Å². The minimum atomic E-state index is -1.15. The van der Waals surface area contributed by atoms with Crippen molar-refractivity contribution >= 4 is 46.7 Å². The van der Waals surface area contributed by atoms with Gasteiger partial charge in [-0.1, -0.05) is 34.8 Å². The largest absolute Gasteiger partial charge is 0.480 e. The first-order valence-corrected chi connectivity index (χ1v) is 5.20. The van der Waals surface area contributed by atoms with Gasteiger partial charge in [-0.25, -0.2) is 0 Å². The van der Waals surface area contributed by atoms with Crippen LogP contribution in [0.2, 0.25) is 15.1 Å². The van der Waals surface area contributed by atoms with Crippen molar-refractivity contribution < 1.29 is 14.7 Å². The topological polar surface area (TPSA) is 66.4 Å². The molecule has 1 aromatic carbocycles. The lowest BCUT2D eigenvalue weighted by molar-refractivity contribution is -0.135. The van der Waals surface area contributed by atoms with Gasteiger partial charge in [0.2, 0.25) is 0 Å². The van der Waals surface area contributed by atoms with Crippen LogP contribution in [-0.4, -0.2) is 23.5 Å². The van der Waals surface area contributed by atoms with Crippen LogP contribution >= 0.6 is 34.8 Å². The fraction of sp³-hybridized carbons (Fsp3) is 0.111. The van der Waals surface area contributed by atoms with Crippen molar-refractivity contribution in [1.29, 1.82) is 0 Å². The third kappa shape index (κ3) is 3.01. The number of hydrogen-bond acceptors (Lipinski definition) is 2. The lowest BCUT2D eigenvalue weighted by Gasteiger charge is -2.06. The third-order valence-electron chi connectivity index (χ3n) is 1.68. The van der Waals surface area contributed by atoms with Crippen molar-refractivity contribution in [2.24, 2.45) is 0 Å². The number of amides is 1. The van der Waals surface area contributed by atoms with E-state index in [0.29, 0.717) is 0 Å². The first kappa shape index (κ1) is 13.1. The molecule has 4 nitrogen and oxygen atoms in total. The fourth-order valence-electron chi connectivity index (χ4n) is 0.952. The van der Waals surface area contributed by atoms with E-state index in [1.807, 2.05) is 0 Å². The quantitative estimate of drug-likeness (QED) is 0.837. The highest BCUT2D eigenvalue weighted by atomic mass is 35.5. The second-order valence-corrected chi connectivity index (χ2v) is 3.96. The van der Waals surface area contributed by atoms with Crippen LogP contribution in [0.4, 0.5) is 0 Å². The Bertz CT molecular complexity index is 448. The number of aliphatic carboxylic acids is 1. The SMILES string of the molecule is O=C(O)CNC(=O)c1ccc(Cl)c(Cl)c1Cl. The second-order valence-electron chi connectivity index (χ2n) is 2.80. The van der Waals surface area contributed by atoms with E-state index < -0.39 is 18.4 Å². The van der Waals surface area contributed by atoms with Crippen molar-refractivity contribution in [3.8, 4) is 0 Å². The average molecular weight is 283 g/mol. The van der Waals surface area contributed by atoms with Crippen LogP contribution in [0, 0.1) is 0 Å². The Morgan fingerprint density at radius 1 is 1.19 bits per heavy atom. The van der Waals surface area contributed by atoms with Crippen LogP contribution in [-0.2, 0) is 4.79 Å². The van der Waals surface area contributed by atoms with Gasteiger partial charge in [-0.05, 0) is 12.1 Å². The number of halogens is 3. The molecular weight excluding hydrogens is 276 g/mol. The van der Waals surface area contributed by atoms with Gasteiger partial charge in [0.15, 0.2) is 0 Å². The Morgan fingerprint density at radius 3 is 2.38 bits per heavy atom. The van der Waals surface area contributed by atoms with E-state index in [-0.39, 0.29) is 20.6 Å². The van der Waals surface area contributed by atoms with Gasteiger partial charge in [-0.3, -0.25) is 9.59 Å². The highest BCUT2D eigenvalue weighted by Crippen LogP contribution is 2.32. The molecule has 0 saturated heterocycles. The lowest BCUT2D eigenvalue weighted by Crippen LogP contribution is -2.29. The smallest absolute Gasteiger partial charge is 0.322 e. The third-order valence-corrected chi connectivity index (χ3v) is 2.97. The van der Waals surface area contributed by atoms with Crippen LogP contribution in [0.5, 0.6) is 0 Å². The van der Waals surface area contributed by atoms with Crippen molar-refractivity contribution in [1.82, 2.24) is 5.32 Å². The molecule has 0 saturated carbocycles. The van der Waals surface area contributed by atoms with Gasteiger partial charge >= 0.3 is 5.97 Å². The van der Waals surface area contributed by atoms with Crippen LogP contribution in [0.25, 0.3) is 0 Å². The number of carboxylic acid groups (broad SMARTS) is 1. The fourth-order valence-corrected chi connectivity index (χ4v) is 1.57. The summed E-state index contributed by atoms with van der Waals surface area (Å²) in [5.41, 5.74) is 0.0808. The van der Waals surface area contributed by atoms with Gasteiger partial charge in [0.25, 0.3) is 5.91 Å². The molecule has 1 aromatic rings. The molecule has 0 unspecified atom stereocenters. The molecule has 86 valence electrons. The summed E-state index contributed by atoms with van der Waals surface area (Å²) in [5.74, 6) is -1.77. The molecule has 1 amide bonds. The number of rotatable bonds is 3. The molecule has 16 heavy (non-hydrogen) atoms. The minimum absolute atomic E-state index is 0.00273. The average Bonchev–Trinajstić information content (AvgIpc) is 2.23. The number of benzene rings is 1. The summed E-state index contributed by atoms with van der Waals surface area (Å²) in [4.78, 5) is 21.7. The number of hydrogen-bond donors (Lipinski definition) is 2. The molecule has 2 N–H and O–H groups in total. The van der Waals surface area contributed by atoms with Gasteiger partial charge < -0.3 is 10.4 Å². The van der Waals surface area contributed by atoms with E-state index >= 15 is 0 Å². The first-order chi connectivity index (χ1) is 7.43. The first-order valence-electron chi connectivity index (χ1n) is 4.07. The molecule has 0 aromatic heterocycles. The molecule has 0 radical (unpaired) electrons. The lowest BCUT2D eigenvalue weighted by atomic mass is 10.2.